The van der Waals surface area contributed by atoms with Gasteiger partial charge in [0.2, 0.25) is 0 Å². The van der Waals surface area contributed by atoms with Crippen LogP contribution in [-0.2, 0) is 14.9 Å². The van der Waals surface area contributed by atoms with Crippen LogP contribution < -0.4 is 0 Å². The molecule has 0 saturated heterocycles. The van der Waals surface area contributed by atoms with Gasteiger partial charge in [-0.3, -0.25) is 4.79 Å². The predicted molar refractivity (Wildman–Crippen MR) is 87.1 cm³/mol. The van der Waals surface area contributed by atoms with Crippen molar-refractivity contribution in [1.29, 1.82) is 0 Å². The second-order valence-electron chi connectivity index (χ2n) is 7.16. The van der Waals surface area contributed by atoms with Gasteiger partial charge in [0.1, 0.15) is 5.01 Å². The van der Waals surface area contributed by atoms with Gasteiger partial charge in [0, 0.05) is 5.41 Å². The molecule has 6 heteroatoms. The predicted octanol–water partition coefficient (Wildman–Crippen LogP) is 3.66. The molecule has 4 bridgehead atoms. The Labute approximate surface area is 139 Å². The Kier molecular flexibility index (Phi) is 3.93. The highest BCUT2D eigenvalue weighted by atomic mass is 32.2. The van der Waals surface area contributed by atoms with Gasteiger partial charge in [-0.15, -0.1) is 10.2 Å². The number of rotatable bonds is 5. The van der Waals surface area contributed by atoms with Crippen LogP contribution in [0, 0.1) is 17.8 Å². The zero-order chi connectivity index (χ0) is 15.2. The number of hydrogen-bond acceptors (Lipinski definition) is 6. The normalized spacial score (nSPS) is 35.8. The molecule has 4 fully saturated rings. The van der Waals surface area contributed by atoms with Crippen LogP contribution in [0.15, 0.2) is 4.34 Å². The summed E-state index contributed by atoms with van der Waals surface area (Å²) in [6.07, 6.45) is 8.29. The average Bonchev–Trinajstić information content (AvgIpc) is 2.94. The van der Waals surface area contributed by atoms with Crippen molar-refractivity contribution in [2.24, 2.45) is 17.8 Å². The van der Waals surface area contributed by atoms with Gasteiger partial charge < -0.3 is 4.74 Å². The number of thioether (sulfide) groups is 1. The molecule has 0 atom stereocenters. The van der Waals surface area contributed by atoms with Crippen LogP contribution in [0.3, 0.4) is 0 Å². The van der Waals surface area contributed by atoms with Crippen molar-refractivity contribution in [3.05, 3.63) is 5.01 Å². The minimum atomic E-state index is -0.168. The molecule has 0 radical (unpaired) electrons. The summed E-state index contributed by atoms with van der Waals surface area (Å²) >= 11 is 3.18. The first-order chi connectivity index (χ1) is 10.7. The molecule has 0 aromatic carbocycles. The Morgan fingerprint density at radius 1 is 1.23 bits per heavy atom. The lowest BCUT2D eigenvalue weighted by Crippen LogP contribution is -2.48. The third-order valence-corrected chi connectivity index (χ3v) is 7.79. The van der Waals surface area contributed by atoms with Crippen LogP contribution in [0.4, 0.5) is 0 Å². The topological polar surface area (TPSA) is 52.1 Å². The van der Waals surface area contributed by atoms with Crippen LogP contribution in [0.2, 0.25) is 0 Å². The molecule has 4 aliphatic carbocycles. The molecule has 22 heavy (non-hydrogen) atoms. The number of carbonyl (C=O) groups is 1. The lowest BCUT2D eigenvalue weighted by Gasteiger charge is -2.55. The zero-order valence-corrected chi connectivity index (χ0v) is 14.5. The summed E-state index contributed by atoms with van der Waals surface area (Å²) in [6.45, 7) is 2.27. The first kappa shape index (κ1) is 14.9. The van der Waals surface area contributed by atoms with Crippen molar-refractivity contribution >= 4 is 29.1 Å². The van der Waals surface area contributed by atoms with Crippen molar-refractivity contribution in [2.45, 2.75) is 55.2 Å². The van der Waals surface area contributed by atoms with E-state index in [1.807, 2.05) is 6.92 Å². The molecule has 120 valence electrons. The van der Waals surface area contributed by atoms with E-state index in [9.17, 15) is 4.79 Å². The number of hydrogen-bond donors (Lipinski definition) is 0. The minimum absolute atomic E-state index is 0.168. The van der Waals surface area contributed by atoms with E-state index in [0.29, 0.717) is 17.8 Å². The fraction of sp³-hybridized carbons (Fsp3) is 0.812. The fourth-order valence-corrected chi connectivity index (χ4v) is 7.05. The Bertz CT molecular complexity index is 537. The SMILES string of the molecule is CCOC(=O)CSc1nnc(C23CC4CC(CC(C4)C2)C3)s1. The minimum Gasteiger partial charge on any atom is -0.465 e. The summed E-state index contributed by atoms with van der Waals surface area (Å²) in [5, 5.41) is 10.1. The van der Waals surface area contributed by atoms with Gasteiger partial charge in [-0.25, -0.2) is 0 Å². The molecule has 4 nitrogen and oxygen atoms in total. The van der Waals surface area contributed by atoms with Crippen LogP contribution in [0.25, 0.3) is 0 Å². The second-order valence-corrected chi connectivity index (χ2v) is 9.36. The number of esters is 1. The summed E-state index contributed by atoms with van der Waals surface area (Å²) in [5.74, 6) is 2.94. The van der Waals surface area contributed by atoms with Crippen LogP contribution in [-0.4, -0.2) is 28.5 Å². The van der Waals surface area contributed by atoms with E-state index >= 15 is 0 Å². The standard InChI is InChI=1S/C16H22N2O2S2/c1-2-20-13(19)9-21-15-18-17-14(22-15)16-6-10-3-11(7-16)5-12(4-10)8-16/h10-12H,2-9H2,1H3. The first-order valence-electron chi connectivity index (χ1n) is 8.29. The molecule has 0 unspecified atom stereocenters. The maximum Gasteiger partial charge on any atom is 0.316 e. The highest BCUT2D eigenvalue weighted by Gasteiger charge is 2.53. The monoisotopic (exact) mass is 338 g/mol. The van der Waals surface area contributed by atoms with E-state index in [1.165, 1.54) is 55.3 Å². The zero-order valence-electron chi connectivity index (χ0n) is 12.9. The second kappa shape index (κ2) is 5.78. The Balaban J connectivity index is 1.46. The van der Waals surface area contributed by atoms with E-state index in [4.69, 9.17) is 4.74 Å². The van der Waals surface area contributed by atoms with E-state index < -0.39 is 0 Å². The Morgan fingerprint density at radius 3 is 2.45 bits per heavy atom. The lowest BCUT2D eigenvalue weighted by atomic mass is 9.50. The van der Waals surface area contributed by atoms with Crippen molar-refractivity contribution < 1.29 is 9.53 Å². The molecule has 0 aliphatic heterocycles. The van der Waals surface area contributed by atoms with Gasteiger partial charge in [-0.1, -0.05) is 23.1 Å². The molecule has 0 N–H and O–H groups in total. The van der Waals surface area contributed by atoms with E-state index in [2.05, 4.69) is 10.2 Å². The molecule has 1 aromatic rings. The number of ether oxygens (including phenoxy) is 1. The molecule has 1 heterocycles. The number of carbonyl (C=O) groups excluding carboxylic acids is 1. The fourth-order valence-electron chi connectivity index (χ4n) is 5.18. The molecule has 1 aromatic heterocycles. The van der Waals surface area contributed by atoms with Gasteiger partial charge in [-0.2, -0.15) is 0 Å². The summed E-state index contributed by atoms with van der Waals surface area (Å²) in [4.78, 5) is 11.5. The summed E-state index contributed by atoms with van der Waals surface area (Å²) in [6, 6.07) is 0. The van der Waals surface area contributed by atoms with Crippen LogP contribution >= 0.6 is 23.1 Å². The van der Waals surface area contributed by atoms with Gasteiger partial charge in [0.15, 0.2) is 4.34 Å². The first-order valence-corrected chi connectivity index (χ1v) is 10.1. The third kappa shape index (κ3) is 2.68. The van der Waals surface area contributed by atoms with Crippen LogP contribution in [0.1, 0.15) is 50.5 Å². The lowest BCUT2D eigenvalue weighted by molar-refractivity contribution is -0.139. The molecular formula is C16H22N2O2S2. The van der Waals surface area contributed by atoms with Crippen molar-refractivity contribution in [3.8, 4) is 0 Å². The van der Waals surface area contributed by atoms with Crippen molar-refractivity contribution in [1.82, 2.24) is 10.2 Å². The Hall–Kier alpha value is -0.620. The quantitative estimate of drug-likeness (QED) is 0.606. The highest BCUT2D eigenvalue weighted by Crippen LogP contribution is 2.61. The molecule has 5 rings (SSSR count). The molecule has 4 saturated carbocycles. The van der Waals surface area contributed by atoms with Crippen molar-refractivity contribution in [3.63, 3.8) is 0 Å². The van der Waals surface area contributed by atoms with Crippen LogP contribution in [0.5, 0.6) is 0 Å². The maximum atomic E-state index is 11.5. The summed E-state index contributed by atoms with van der Waals surface area (Å²) in [5.41, 5.74) is 0.315. The number of aromatic nitrogens is 2. The largest absolute Gasteiger partial charge is 0.465 e. The molecular weight excluding hydrogens is 316 g/mol. The average molecular weight is 338 g/mol. The molecule has 0 amide bonds. The van der Waals surface area contributed by atoms with Gasteiger partial charge in [-0.05, 0) is 63.2 Å². The van der Waals surface area contributed by atoms with E-state index in [0.717, 1.165) is 22.1 Å². The van der Waals surface area contributed by atoms with E-state index in [1.54, 1.807) is 11.3 Å². The summed E-state index contributed by atoms with van der Waals surface area (Å²) < 4.78 is 5.88. The van der Waals surface area contributed by atoms with E-state index in [-0.39, 0.29) is 5.97 Å². The van der Waals surface area contributed by atoms with Gasteiger partial charge in [0.05, 0.1) is 12.4 Å². The van der Waals surface area contributed by atoms with Crippen molar-refractivity contribution in [2.75, 3.05) is 12.4 Å². The third-order valence-electron chi connectivity index (χ3n) is 5.52. The van der Waals surface area contributed by atoms with Gasteiger partial charge >= 0.3 is 5.97 Å². The maximum absolute atomic E-state index is 11.5. The van der Waals surface area contributed by atoms with Gasteiger partial charge in [0.25, 0.3) is 0 Å². The summed E-state index contributed by atoms with van der Waals surface area (Å²) in [7, 11) is 0. The number of nitrogens with zero attached hydrogens (tertiary/aromatic N) is 2. The molecule has 4 aliphatic rings. The smallest absolute Gasteiger partial charge is 0.316 e. The molecule has 0 spiro atoms. The Morgan fingerprint density at radius 2 is 1.86 bits per heavy atom. The highest BCUT2D eigenvalue weighted by molar-refractivity contribution is 8.01.